The van der Waals surface area contributed by atoms with Gasteiger partial charge in [0, 0.05) is 23.7 Å². The zero-order valence-corrected chi connectivity index (χ0v) is 16.0. The normalized spacial score (nSPS) is 17.4. The van der Waals surface area contributed by atoms with E-state index in [9.17, 15) is 13.6 Å². The van der Waals surface area contributed by atoms with Gasteiger partial charge >= 0.3 is 0 Å². The monoisotopic (exact) mass is 410 g/mol. The number of halogens is 3. The van der Waals surface area contributed by atoms with Gasteiger partial charge in [-0.15, -0.1) is 0 Å². The van der Waals surface area contributed by atoms with Crippen molar-refractivity contribution < 1.29 is 8.78 Å². The van der Waals surface area contributed by atoms with Gasteiger partial charge in [-0.3, -0.25) is 4.79 Å². The summed E-state index contributed by atoms with van der Waals surface area (Å²) >= 11 is 6.10. The van der Waals surface area contributed by atoms with Crippen molar-refractivity contribution in [2.45, 2.75) is 32.4 Å². The first-order valence-electron chi connectivity index (χ1n) is 8.65. The fraction of sp³-hybridized carbons (Fsp3) is 0.333. The Morgan fingerprint density at radius 3 is 2.86 bits per heavy atom. The number of H-pyrrole nitrogens is 1. The van der Waals surface area contributed by atoms with Crippen LogP contribution in [0.4, 0.5) is 14.5 Å². The van der Waals surface area contributed by atoms with Crippen LogP contribution in [0.15, 0.2) is 46.7 Å². The molecule has 1 aliphatic rings. The van der Waals surface area contributed by atoms with Gasteiger partial charge in [-0.25, -0.2) is 19.7 Å². The van der Waals surface area contributed by atoms with Gasteiger partial charge < -0.3 is 15.6 Å². The summed E-state index contributed by atoms with van der Waals surface area (Å²) in [7, 11) is 0. The Hall–Kier alpha value is -2.65. The van der Waals surface area contributed by atoms with Crippen LogP contribution < -0.4 is 22.0 Å². The molecule has 10 heteroatoms. The lowest BCUT2D eigenvalue weighted by Crippen LogP contribution is -2.46. The molecule has 0 saturated carbocycles. The van der Waals surface area contributed by atoms with Crippen molar-refractivity contribution >= 4 is 17.3 Å². The highest BCUT2D eigenvalue weighted by molar-refractivity contribution is 6.33. The van der Waals surface area contributed by atoms with E-state index in [-0.39, 0.29) is 29.7 Å². The summed E-state index contributed by atoms with van der Waals surface area (Å²) in [6, 6.07) is 6.19. The van der Waals surface area contributed by atoms with Crippen LogP contribution in [0.2, 0.25) is 5.02 Å². The van der Waals surface area contributed by atoms with E-state index in [1.54, 1.807) is 18.2 Å². The maximum absolute atomic E-state index is 13.2. The molecule has 2 aromatic rings. The number of hydrogen-bond acceptors (Lipinski definition) is 6. The summed E-state index contributed by atoms with van der Waals surface area (Å²) in [6.07, 6.45) is -0.651. The standard InChI is InChI=1S/C18H21ClF2N6O/c1-10-6-14(27(23)8-11-4-2-3-5-12(11)17(20)21)13(22)9-26(10)15-7-24-25-18(28)16(15)19/h2-5,7,10,17H,6,8-9,22-23H2,1H3,(H,25,28). The third-order valence-corrected chi connectivity index (χ3v) is 5.16. The molecule has 1 aromatic carbocycles. The first kappa shape index (κ1) is 20.1. The van der Waals surface area contributed by atoms with E-state index in [2.05, 4.69) is 10.2 Å². The molecule has 5 N–H and O–H groups in total. The second-order valence-electron chi connectivity index (χ2n) is 6.68. The fourth-order valence-corrected chi connectivity index (χ4v) is 3.52. The molecular weight excluding hydrogens is 390 g/mol. The van der Waals surface area contributed by atoms with E-state index in [0.29, 0.717) is 29.1 Å². The lowest BCUT2D eigenvalue weighted by molar-refractivity contribution is 0.149. The molecule has 0 radical (unpaired) electrons. The van der Waals surface area contributed by atoms with Crippen LogP contribution in [0.5, 0.6) is 0 Å². The Labute approximate surface area is 165 Å². The molecule has 0 saturated heterocycles. The molecule has 1 unspecified atom stereocenters. The molecule has 2 heterocycles. The van der Waals surface area contributed by atoms with Gasteiger partial charge in [0.1, 0.15) is 5.02 Å². The van der Waals surface area contributed by atoms with E-state index in [0.717, 1.165) is 0 Å². The number of aromatic nitrogens is 2. The third-order valence-electron chi connectivity index (χ3n) is 4.80. The average Bonchev–Trinajstić information content (AvgIpc) is 2.66. The van der Waals surface area contributed by atoms with Gasteiger partial charge in [0.05, 0.1) is 30.7 Å². The van der Waals surface area contributed by atoms with Gasteiger partial charge in [-0.2, -0.15) is 5.10 Å². The van der Waals surface area contributed by atoms with Crippen LogP contribution in [0.3, 0.4) is 0 Å². The Balaban J connectivity index is 1.84. The van der Waals surface area contributed by atoms with Crippen LogP contribution in [0.1, 0.15) is 30.9 Å². The van der Waals surface area contributed by atoms with Crippen LogP contribution in [0, 0.1) is 0 Å². The van der Waals surface area contributed by atoms with Crippen molar-refractivity contribution in [2.24, 2.45) is 11.6 Å². The molecule has 1 atom stereocenters. The number of nitrogens with one attached hydrogen (secondary N) is 1. The van der Waals surface area contributed by atoms with E-state index in [1.807, 2.05) is 11.8 Å². The number of nitrogens with two attached hydrogens (primary N) is 2. The molecule has 0 aliphatic carbocycles. The Morgan fingerprint density at radius 1 is 1.43 bits per heavy atom. The first-order chi connectivity index (χ1) is 13.3. The average molecular weight is 411 g/mol. The predicted molar refractivity (Wildman–Crippen MR) is 104 cm³/mol. The van der Waals surface area contributed by atoms with Crippen molar-refractivity contribution in [1.29, 1.82) is 0 Å². The second-order valence-corrected chi connectivity index (χ2v) is 7.06. The summed E-state index contributed by atoms with van der Waals surface area (Å²) in [4.78, 5) is 13.6. The summed E-state index contributed by atoms with van der Waals surface area (Å²) in [5, 5.41) is 7.51. The summed E-state index contributed by atoms with van der Waals surface area (Å²) < 4.78 is 26.4. The first-order valence-corrected chi connectivity index (χ1v) is 9.03. The highest BCUT2D eigenvalue weighted by Crippen LogP contribution is 2.31. The number of rotatable bonds is 5. The highest BCUT2D eigenvalue weighted by Gasteiger charge is 2.28. The summed E-state index contributed by atoms with van der Waals surface area (Å²) in [5.74, 6) is 6.18. The Bertz CT molecular complexity index is 948. The highest BCUT2D eigenvalue weighted by atomic mass is 35.5. The smallest absolute Gasteiger partial charge is 0.285 e. The van der Waals surface area contributed by atoms with Gasteiger partial charge in [0.15, 0.2) is 0 Å². The zero-order valence-electron chi connectivity index (χ0n) is 15.2. The lowest BCUT2D eigenvalue weighted by Gasteiger charge is -2.39. The molecule has 1 aliphatic heterocycles. The zero-order chi connectivity index (χ0) is 20.4. The molecule has 28 heavy (non-hydrogen) atoms. The molecule has 3 rings (SSSR count). The van der Waals surface area contributed by atoms with E-state index < -0.39 is 12.0 Å². The number of alkyl halides is 2. The molecule has 7 nitrogen and oxygen atoms in total. The van der Waals surface area contributed by atoms with E-state index >= 15 is 0 Å². The van der Waals surface area contributed by atoms with E-state index in [4.69, 9.17) is 23.2 Å². The fourth-order valence-electron chi connectivity index (χ4n) is 3.32. The number of anilines is 1. The Morgan fingerprint density at radius 2 is 2.14 bits per heavy atom. The minimum atomic E-state index is -2.58. The number of hydrogen-bond donors (Lipinski definition) is 3. The van der Waals surface area contributed by atoms with Crippen molar-refractivity contribution in [1.82, 2.24) is 15.2 Å². The van der Waals surface area contributed by atoms with Gasteiger partial charge in [-0.05, 0) is 12.5 Å². The minimum Gasteiger partial charge on any atom is -0.399 e. The van der Waals surface area contributed by atoms with Crippen LogP contribution in [-0.2, 0) is 6.54 Å². The van der Waals surface area contributed by atoms with Crippen LogP contribution >= 0.6 is 11.6 Å². The van der Waals surface area contributed by atoms with Crippen LogP contribution in [0.25, 0.3) is 0 Å². The van der Waals surface area contributed by atoms with Crippen LogP contribution in [-0.4, -0.2) is 27.8 Å². The van der Waals surface area contributed by atoms with E-state index in [1.165, 1.54) is 17.3 Å². The minimum absolute atomic E-state index is 0.0357. The molecule has 0 spiro atoms. The molecular formula is C18H21ClF2N6O. The molecule has 0 bridgehead atoms. The van der Waals surface area contributed by atoms with Crippen molar-refractivity contribution in [3.63, 3.8) is 0 Å². The molecule has 0 amide bonds. The van der Waals surface area contributed by atoms with Crippen molar-refractivity contribution in [3.05, 3.63) is 68.4 Å². The predicted octanol–water partition coefficient (Wildman–Crippen LogP) is 2.51. The number of hydrazine groups is 1. The largest absolute Gasteiger partial charge is 0.399 e. The molecule has 1 aromatic heterocycles. The maximum atomic E-state index is 13.2. The SMILES string of the molecule is CC1CC(N(N)Cc2ccccc2C(F)F)=C(N)CN1c1cn[nH]c(=O)c1Cl. The number of nitrogens with zero attached hydrogens (tertiary/aromatic N) is 3. The topological polar surface area (TPSA) is 104 Å². The van der Waals surface area contributed by atoms with Gasteiger partial charge in [0.2, 0.25) is 0 Å². The van der Waals surface area contributed by atoms with Crippen molar-refractivity contribution in [3.8, 4) is 0 Å². The quantitative estimate of drug-likeness (QED) is 0.516. The lowest BCUT2D eigenvalue weighted by atomic mass is 10.0. The third kappa shape index (κ3) is 3.95. The maximum Gasteiger partial charge on any atom is 0.285 e. The number of benzene rings is 1. The number of aromatic amines is 1. The van der Waals surface area contributed by atoms with Crippen molar-refractivity contribution in [2.75, 3.05) is 11.4 Å². The second kappa shape index (κ2) is 8.15. The summed E-state index contributed by atoms with van der Waals surface area (Å²) in [5.41, 5.74) is 7.76. The van der Waals surface area contributed by atoms with Gasteiger partial charge in [-0.1, -0.05) is 35.9 Å². The molecule has 0 fully saturated rings. The summed E-state index contributed by atoms with van der Waals surface area (Å²) in [6.45, 7) is 2.33. The Kier molecular flexibility index (Phi) is 5.85. The molecule has 150 valence electrons. The van der Waals surface area contributed by atoms with Gasteiger partial charge in [0.25, 0.3) is 12.0 Å².